The SMILES string of the molecule is CO[C](=[Co])C1(NCl)CC1. The number of ether oxygens (including phenoxy) is 1. The second kappa shape index (κ2) is 2.68. The summed E-state index contributed by atoms with van der Waals surface area (Å²) in [5.74, 6) is 0. The number of nitrogens with one attached hydrogen (secondary N) is 1. The summed E-state index contributed by atoms with van der Waals surface area (Å²) in [7, 11) is 1.59. The second-order valence-electron chi connectivity index (χ2n) is 2.13. The topological polar surface area (TPSA) is 21.3 Å². The molecule has 1 aliphatic carbocycles. The predicted octanol–water partition coefficient (Wildman–Crippen LogP) is 0.585. The summed E-state index contributed by atoms with van der Waals surface area (Å²) < 4.78 is 5.57. The summed E-state index contributed by atoms with van der Waals surface area (Å²) in [5.41, 5.74) is -0.129. The van der Waals surface area contributed by atoms with Crippen LogP contribution in [0.5, 0.6) is 0 Å². The summed E-state index contributed by atoms with van der Waals surface area (Å²) in [5, 5.41) is 0. The maximum atomic E-state index is 5.43. The van der Waals surface area contributed by atoms with Gasteiger partial charge in [0.05, 0.1) is 0 Å². The summed E-state index contributed by atoms with van der Waals surface area (Å²) >= 11 is 9.58. The van der Waals surface area contributed by atoms with Crippen molar-refractivity contribution in [3.63, 3.8) is 0 Å². The quantitative estimate of drug-likeness (QED) is 0.661. The van der Waals surface area contributed by atoms with Gasteiger partial charge in [0.15, 0.2) is 0 Å². The van der Waals surface area contributed by atoms with E-state index >= 15 is 0 Å². The zero-order chi connectivity index (χ0) is 6.91. The van der Waals surface area contributed by atoms with E-state index in [0.29, 0.717) is 4.64 Å². The van der Waals surface area contributed by atoms with Crippen LogP contribution >= 0.6 is 11.8 Å². The third kappa shape index (κ3) is 1.35. The molecule has 0 aromatic rings. The van der Waals surface area contributed by atoms with Gasteiger partial charge >= 0.3 is 66.8 Å². The Balaban J connectivity index is 2.49. The van der Waals surface area contributed by atoms with Gasteiger partial charge in [0.1, 0.15) is 0 Å². The molecule has 0 heterocycles. The normalized spacial score (nSPS) is 21.7. The van der Waals surface area contributed by atoms with Crippen LogP contribution in [0.1, 0.15) is 12.8 Å². The van der Waals surface area contributed by atoms with Crippen LogP contribution in [0.4, 0.5) is 0 Å². The van der Waals surface area contributed by atoms with Gasteiger partial charge in [0.2, 0.25) is 0 Å². The molecule has 4 heteroatoms. The minimum absolute atomic E-state index is 0.129. The first kappa shape index (κ1) is 7.69. The molecule has 0 bridgehead atoms. The van der Waals surface area contributed by atoms with Gasteiger partial charge in [-0.1, -0.05) is 0 Å². The number of hydrogen-bond donors (Lipinski definition) is 1. The molecule has 1 saturated carbocycles. The van der Waals surface area contributed by atoms with Crippen molar-refractivity contribution in [3.05, 3.63) is 0 Å². The van der Waals surface area contributed by atoms with Crippen LogP contribution in [0.2, 0.25) is 0 Å². The van der Waals surface area contributed by atoms with Gasteiger partial charge in [0, 0.05) is 0 Å². The second-order valence-corrected chi connectivity index (χ2v) is 2.80. The molecular formula is C5H8ClCoNO. The molecule has 0 aliphatic heterocycles. The van der Waals surface area contributed by atoms with E-state index in [2.05, 4.69) is 20.1 Å². The van der Waals surface area contributed by atoms with Crippen LogP contribution < -0.4 is 4.84 Å². The van der Waals surface area contributed by atoms with Crippen LogP contribution in [0.15, 0.2) is 0 Å². The van der Waals surface area contributed by atoms with Crippen molar-refractivity contribution in [3.8, 4) is 0 Å². The van der Waals surface area contributed by atoms with Gasteiger partial charge < -0.3 is 0 Å². The fourth-order valence-electron chi connectivity index (χ4n) is 0.635. The average molecular weight is 193 g/mol. The molecule has 55 valence electrons. The van der Waals surface area contributed by atoms with Crippen LogP contribution in [0, 0.1) is 0 Å². The number of hydrogen-bond acceptors (Lipinski definition) is 2. The van der Waals surface area contributed by atoms with Crippen LogP contribution in [-0.4, -0.2) is 17.3 Å². The van der Waals surface area contributed by atoms with E-state index in [4.69, 9.17) is 16.5 Å². The fraction of sp³-hybridized carbons (Fsp3) is 0.800. The van der Waals surface area contributed by atoms with Crippen molar-refractivity contribution in [1.29, 1.82) is 0 Å². The standard InChI is InChI=1S/C5H8ClNO.Co/c1-8-4-5(7-6)2-3-5;/h7H,2-3H2,1H3;. The molecule has 0 radical (unpaired) electrons. The third-order valence-electron chi connectivity index (χ3n) is 1.46. The molecule has 0 spiro atoms. The Morgan fingerprint density at radius 1 is 1.78 bits per heavy atom. The molecule has 0 unspecified atom stereocenters. The molecule has 1 fully saturated rings. The molecular weight excluding hydrogens is 184 g/mol. The zero-order valence-electron chi connectivity index (χ0n) is 5.03. The van der Waals surface area contributed by atoms with E-state index in [1.165, 1.54) is 0 Å². The third-order valence-corrected chi connectivity index (χ3v) is 2.53. The van der Waals surface area contributed by atoms with Crippen LogP contribution in [-0.2, 0) is 20.0 Å². The van der Waals surface area contributed by atoms with E-state index in [9.17, 15) is 0 Å². The Bertz CT molecular complexity index is 135. The van der Waals surface area contributed by atoms with Gasteiger partial charge in [0.25, 0.3) is 0 Å². The average Bonchev–Trinajstić information content (AvgIpc) is 2.66. The Hall–Kier alpha value is 0.586. The van der Waals surface area contributed by atoms with E-state index in [1.807, 2.05) is 0 Å². The summed E-state index contributed by atoms with van der Waals surface area (Å²) in [6, 6.07) is 0. The minimum atomic E-state index is -0.129. The van der Waals surface area contributed by atoms with Crippen molar-refractivity contribution in [1.82, 2.24) is 4.84 Å². The number of methoxy groups -OCH3 is 1. The van der Waals surface area contributed by atoms with Crippen molar-refractivity contribution in [2.75, 3.05) is 7.11 Å². The number of rotatable bonds is 3. The van der Waals surface area contributed by atoms with E-state index in [0.717, 1.165) is 12.8 Å². The van der Waals surface area contributed by atoms with E-state index in [-0.39, 0.29) is 5.54 Å². The van der Waals surface area contributed by atoms with Crippen molar-refractivity contribution in [2.24, 2.45) is 0 Å². The monoisotopic (exact) mass is 192 g/mol. The molecule has 0 aromatic carbocycles. The van der Waals surface area contributed by atoms with E-state index in [1.54, 1.807) is 7.11 Å². The molecule has 0 atom stereocenters. The first-order valence-corrected chi connectivity index (χ1v) is 3.57. The Morgan fingerprint density at radius 2 is 2.33 bits per heavy atom. The van der Waals surface area contributed by atoms with Gasteiger partial charge in [-0.2, -0.15) is 0 Å². The Kier molecular flexibility index (Phi) is 2.29. The van der Waals surface area contributed by atoms with Gasteiger partial charge in [-0.15, -0.1) is 0 Å². The first-order chi connectivity index (χ1) is 4.25. The molecule has 0 saturated heterocycles. The Morgan fingerprint density at radius 3 is 2.44 bits per heavy atom. The van der Waals surface area contributed by atoms with Gasteiger partial charge in [-0.3, -0.25) is 0 Å². The molecule has 2 nitrogen and oxygen atoms in total. The summed E-state index contributed by atoms with van der Waals surface area (Å²) in [6.07, 6.45) is 2.03. The summed E-state index contributed by atoms with van der Waals surface area (Å²) in [4.78, 5) is 2.64. The van der Waals surface area contributed by atoms with Crippen LogP contribution in [0.25, 0.3) is 0 Å². The van der Waals surface area contributed by atoms with Crippen molar-refractivity contribution >= 4 is 16.4 Å². The van der Waals surface area contributed by atoms with E-state index < -0.39 is 0 Å². The van der Waals surface area contributed by atoms with Crippen LogP contribution in [0.3, 0.4) is 0 Å². The maximum absolute atomic E-state index is 5.43. The fourth-order valence-corrected chi connectivity index (χ4v) is 1.30. The predicted molar refractivity (Wildman–Crippen MR) is 33.0 cm³/mol. The molecule has 1 N–H and O–H groups in total. The first-order valence-electron chi connectivity index (χ1n) is 2.68. The molecule has 9 heavy (non-hydrogen) atoms. The van der Waals surface area contributed by atoms with Crippen molar-refractivity contribution in [2.45, 2.75) is 18.4 Å². The molecule has 0 aromatic heterocycles. The molecule has 1 rings (SSSR count). The number of halogens is 1. The molecule has 1 aliphatic rings. The van der Waals surface area contributed by atoms with Gasteiger partial charge in [-0.25, -0.2) is 0 Å². The summed E-state index contributed by atoms with van der Waals surface area (Å²) in [6.45, 7) is 0. The molecule has 0 amide bonds. The van der Waals surface area contributed by atoms with Gasteiger partial charge in [-0.05, 0) is 0 Å². The zero-order valence-corrected chi connectivity index (χ0v) is 6.83. The van der Waals surface area contributed by atoms with Crippen molar-refractivity contribution < 1.29 is 20.0 Å². The Labute approximate surface area is 67.1 Å².